The molecule has 2 atom stereocenters. The Morgan fingerprint density at radius 3 is 2.88 bits per heavy atom. The van der Waals surface area contributed by atoms with Crippen LogP contribution in [0.2, 0.25) is 0 Å². The molecule has 7 heteroatoms. The number of amides is 1. The summed E-state index contributed by atoms with van der Waals surface area (Å²) in [6, 6.07) is 10.6. The summed E-state index contributed by atoms with van der Waals surface area (Å²) in [6.07, 6.45) is 4.62. The number of carbonyl (C=O) groups excluding carboxylic acids is 1. The van der Waals surface area contributed by atoms with E-state index in [9.17, 15) is 13.6 Å². The van der Waals surface area contributed by atoms with E-state index in [4.69, 9.17) is 0 Å². The molecule has 5 rings (SSSR count). The van der Waals surface area contributed by atoms with E-state index in [-0.39, 0.29) is 23.4 Å². The van der Waals surface area contributed by atoms with Gasteiger partial charge in [0.15, 0.2) is 0 Å². The second kappa shape index (κ2) is 8.28. The predicted octanol–water partition coefficient (Wildman–Crippen LogP) is 4.78. The summed E-state index contributed by atoms with van der Waals surface area (Å²) in [5, 5.41) is 6.56. The average Bonchev–Trinajstić information content (AvgIpc) is 3.22. The molecule has 2 unspecified atom stereocenters. The van der Waals surface area contributed by atoms with Crippen molar-refractivity contribution in [3.8, 4) is 0 Å². The van der Waals surface area contributed by atoms with Crippen LogP contribution in [0.3, 0.4) is 0 Å². The van der Waals surface area contributed by atoms with Crippen molar-refractivity contribution in [3.63, 3.8) is 0 Å². The monoisotopic (exact) mass is 438 g/mol. The number of aromatic nitrogens is 2. The molecule has 168 valence electrons. The van der Waals surface area contributed by atoms with Crippen molar-refractivity contribution >= 4 is 16.9 Å². The maximum absolute atomic E-state index is 13.7. The highest BCUT2D eigenvalue weighted by Crippen LogP contribution is 2.34. The van der Waals surface area contributed by atoms with Gasteiger partial charge < -0.3 is 15.6 Å². The third-order valence-electron chi connectivity index (χ3n) is 6.76. The second-order valence-corrected chi connectivity index (χ2v) is 9.19. The summed E-state index contributed by atoms with van der Waals surface area (Å²) in [4.78, 5) is 20.8. The number of aromatic amines is 1. The first-order valence-corrected chi connectivity index (χ1v) is 11.4. The second-order valence-electron chi connectivity index (χ2n) is 9.19. The molecule has 1 amide bonds. The molecule has 2 heterocycles. The van der Waals surface area contributed by atoms with E-state index in [1.54, 1.807) is 6.07 Å². The molecule has 0 spiro atoms. The van der Waals surface area contributed by atoms with Gasteiger partial charge in [-0.05, 0) is 67.6 Å². The largest absolute Gasteiger partial charge is 0.349 e. The fraction of sp³-hybridized carbons (Fsp3) is 0.440. The van der Waals surface area contributed by atoms with E-state index in [1.165, 1.54) is 23.3 Å². The van der Waals surface area contributed by atoms with Crippen LogP contribution in [0.4, 0.5) is 8.78 Å². The van der Waals surface area contributed by atoms with Crippen molar-refractivity contribution in [1.29, 1.82) is 0 Å². The molecular weight excluding hydrogens is 410 g/mol. The van der Waals surface area contributed by atoms with E-state index in [0.29, 0.717) is 16.6 Å². The lowest BCUT2D eigenvalue weighted by Gasteiger charge is -2.29. The van der Waals surface area contributed by atoms with Gasteiger partial charge in [-0.3, -0.25) is 4.79 Å². The number of rotatable bonds is 4. The summed E-state index contributed by atoms with van der Waals surface area (Å²) in [5.74, 6) is -1.93. The molecule has 3 aromatic rings. The Kier molecular flexibility index (Phi) is 5.45. The van der Waals surface area contributed by atoms with E-state index in [0.717, 1.165) is 57.9 Å². The van der Waals surface area contributed by atoms with Gasteiger partial charge >= 0.3 is 0 Å². The first kappa shape index (κ1) is 21.1. The van der Waals surface area contributed by atoms with Crippen molar-refractivity contribution < 1.29 is 13.6 Å². The molecule has 5 nitrogen and oxygen atoms in total. The molecule has 1 aromatic heterocycles. The third kappa shape index (κ3) is 4.26. The first-order valence-electron chi connectivity index (χ1n) is 11.4. The van der Waals surface area contributed by atoms with Gasteiger partial charge in [-0.2, -0.15) is 0 Å². The summed E-state index contributed by atoms with van der Waals surface area (Å²) in [7, 11) is 0. The Morgan fingerprint density at radius 2 is 2.03 bits per heavy atom. The minimum atomic E-state index is -2.88. The topological polar surface area (TPSA) is 69.8 Å². The number of hydrogen-bond donors (Lipinski definition) is 3. The Balaban J connectivity index is 1.28. The molecule has 0 bridgehead atoms. The van der Waals surface area contributed by atoms with Crippen molar-refractivity contribution in [1.82, 2.24) is 20.6 Å². The average molecular weight is 439 g/mol. The normalized spacial score (nSPS) is 21.3. The lowest BCUT2D eigenvalue weighted by Crippen LogP contribution is -2.38. The first-order chi connectivity index (χ1) is 15.4. The summed E-state index contributed by atoms with van der Waals surface area (Å²) >= 11 is 0. The molecule has 1 aliphatic carbocycles. The molecule has 1 fully saturated rings. The molecule has 3 N–H and O–H groups in total. The fourth-order valence-electron chi connectivity index (χ4n) is 4.95. The van der Waals surface area contributed by atoms with Gasteiger partial charge in [0.25, 0.3) is 11.8 Å². The van der Waals surface area contributed by atoms with Crippen LogP contribution in [0, 0.1) is 0 Å². The van der Waals surface area contributed by atoms with Crippen molar-refractivity contribution in [3.05, 3.63) is 64.5 Å². The predicted molar refractivity (Wildman–Crippen MR) is 120 cm³/mol. The smallest absolute Gasteiger partial charge is 0.270 e. The van der Waals surface area contributed by atoms with Crippen LogP contribution in [-0.4, -0.2) is 28.5 Å². The van der Waals surface area contributed by atoms with Gasteiger partial charge in [-0.1, -0.05) is 18.6 Å². The van der Waals surface area contributed by atoms with Gasteiger partial charge in [-0.15, -0.1) is 0 Å². The van der Waals surface area contributed by atoms with Gasteiger partial charge in [-0.25, -0.2) is 13.8 Å². The molecule has 2 aliphatic rings. The molecule has 32 heavy (non-hydrogen) atoms. The van der Waals surface area contributed by atoms with Crippen molar-refractivity contribution in [2.75, 3.05) is 6.54 Å². The van der Waals surface area contributed by atoms with Gasteiger partial charge in [0.05, 0.1) is 11.0 Å². The third-order valence-corrected chi connectivity index (χ3v) is 6.76. The molecule has 1 saturated carbocycles. The van der Waals surface area contributed by atoms with Crippen LogP contribution in [0.25, 0.3) is 11.0 Å². The van der Waals surface area contributed by atoms with Crippen LogP contribution in [0.5, 0.6) is 0 Å². The zero-order chi connectivity index (χ0) is 22.3. The lowest BCUT2D eigenvalue weighted by molar-refractivity contribution is 0.0176. The van der Waals surface area contributed by atoms with E-state index in [1.807, 2.05) is 18.2 Å². The number of H-pyrrole nitrogens is 1. The SMILES string of the molecule is CC(F)(F)c1ccc2nc(C3CCCC(NC(=O)c4ccc5c(c4)CCNC5)C3)[nH]c2c1. The van der Waals surface area contributed by atoms with Crippen molar-refractivity contribution in [2.24, 2.45) is 0 Å². The van der Waals surface area contributed by atoms with Crippen LogP contribution in [0.1, 0.15) is 71.4 Å². The summed E-state index contributed by atoms with van der Waals surface area (Å²) in [6.45, 7) is 2.70. The Hall–Kier alpha value is -2.80. The van der Waals surface area contributed by atoms with Gasteiger partial charge in [0.2, 0.25) is 0 Å². The number of benzene rings is 2. The lowest BCUT2D eigenvalue weighted by atomic mass is 9.85. The quantitative estimate of drug-likeness (QED) is 0.549. The number of nitrogens with one attached hydrogen (secondary N) is 3. The summed E-state index contributed by atoms with van der Waals surface area (Å²) < 4.78 is 27.3. The number of fused-ring (bicyclic) bond motifs is 2. The maximum Gasteiger partial charge on any atom is 0.270 e. The van der Waals surface area contributed by atoms with Crippen LogP contribution >= 0.6 is 0 Å². The van der Waals surface area contributed by atoms with Crippen LogP contribution in [0.15, 0.2) is 36.4 Å². The Bertz CT molecular complexity index is 1150. The van der Waals surface area contributed by atoms with Crippen LogP contribution in [-0.2, 0) is 18.9 Å². The van der Waals surface area contributed by atoms with E-state index < -0.39 is 5.92 Å². The van der Waals surface area contributed by atoms with E-state index >= 15 is 0 Å². The highest BCUT2D eigenvalue weighted by Gasteiger charge is 2.28. The fourth-order valence-corrected chi connectivity index (χ4v) is 4.95. The number of alkyl halides is 2. The number of carbonyl (C=O) groups is 1. The molecule has 0 radical (unpaired) electrons. The number of imidazole rings is 1. The minimum absolute atomic E-state index is 0.0187. The van der Waals surface area contributed by atoms with Crippen LogP contribution < -0.4 is 10.6 Å². The summed E-state index contributed by atoms with van der Waals surface area (Å²) in [5.41, 5.74) is 4.53. The highest BCUT2D eigenvalue weighted by molar-refractivity contribution is 5.94. The molecule has 1 aliphatic heterocycles. The maximum atomic E-state index is 13.7. The van der Waals surface area contributed by atoms with Gasteiger partial charge in [0.1, 0.15) is 5.82 Å². The molecule has 2 aromatic carbocycles. The minimum Gasteiger partial charge on any atom is -0.349 e. The zero-order valence-electron chi connectivity index (χ0n) is 18.2. The number of halogens is 2. The number of hydrogen-bond acceptors (Lipinski definition) is 3. The Labute approximate surface area is 186 Å². The highest BCUT2D eigenvalue weighted by atomic mass is 19.3. The molecular formula is C25H28F2N4O. The van der Waals surface area contributed by atoms with Crippen molar-refractivity contribution in [2.45, 2.75) is 63.5 Å². The van der Waals surface area contributed by atoms with Gasteiger partial charge in [0, 0.05) is 36.6 Å². The van der Waals surface area contributed by atoms with E-state index in [2.05, 4.69) is 20.6 Å². The molecule has 0 saturated heterocycles. The zero-order valence-corrected chi connectivity index (χ0v) is 18.2. The Morgan fingerprint density at radius 1 is 1.16 bits per heavy atom. The standard InChI is InChI=1S/C25H28F2N4O/c1-25(26,27)19-7-8-21-22(13-19)31-23(30-21)16-3-2-4-20(12-16)29-24(32)17-5-6-18-14-28-10-9-15(18)11-17/h5-8,11,13,16,20,28H,2-4,9-10,12,14H2,1H3,(H,29,32)(H,30,31). The number of nitrogens with zero attached hydrogens (tertiary/aromatic N) is 1.